The van der Waals surface area contributed by atoms with Crippen molar-refractivity contribution < 1.29 is 14.3 Å². The normalized spacial score (nSPS) is 15.4. The third kappa shape index (κ3) is 5.71. The Hall–Kier alpha value is -4.43. The van der Waals surface area contributed by atoms with Crippen molar-refractivity contribution in [1.82, 2.24) is 14.5 Å². The second-order valence-corrected chi connectivity index (χ2v) is 10.0. The number of hydrogen-bond donors (Lipinski definition) is 0. The molecule has 196 valence electrons. The first-order chi connectivity index (χ1) is 18.9. The van der Waals surface area contributed by atoms with E-state index in [-0.39, 0.29) is 11.9 Å². The molecule has 7 nitrogen and oxygen atoms in total. The van der Waals surface area contributed by atoms with Crippen LogP contribution in [0.1, 0.15) is 39.8 Å². The lowest BCUT2D eigenvalue weighted by atomic mass is 10.2. The number of carbonyl (C=O) groups is 2. The van der Waals surface area contributed by atoms with Crippen molar-refractivity contribution in [2.45, 2.75) is 27.3 Å². The second kappa shape index (κ2) is 11.5. The Kier molecular flexibility index (Phi) is 7.74. The number of thioether (sulfide) groups is 1. The molecule has 1 amide bonds. The molecule has 0 unspecified atom stereocenters. The Bertz CT molecular complexity index is 1580. The lowest BCUT2D eigenvalue weighted by Gasteiger charge is -2.15. The molecule has 5 rings (SSSR count). The largest absolute Gasteiger partial charge is 0.462 e. The van der Waals surface area contributed by atoms with Crippen LogP contribution in [-0.4, -0.2) is 38.1 Å². The summed E-state index contributed by atoms with van der Waals surface area (Å²) in [5.41, 5.74) is 5.93. The summed E-state index contributed by atoms with van der Waals surface area (Å²) in [6.07, 6.45) is 5.40. The second-order valence-electron chi connectivity index (χ2n) is 9.03. The quantitative estimate of drug-likeness (QED) is 0.200. The van der Waals surface area contributed by atoms with Gasteiger partial charge < -0.3 is 9.30 Å². The maximum absolute atomic E-state index is 13.6. The molecule has 0 atom stereocenters. The van der Waals surface area contributed by atoms with Crippen molar-refractivity contribution in [2.24, 2.45) is 4.99 Å². The molecular weight excluding hydrogens is 508 g/mol. The van der Waals surface area contributed by atoms with E-state index in [9.17, 15) is 9.59 Å². The van der Waals surface area contributed by atoms with Crippen molar-refractivity contribution >= 4 is 40.6 Å². The number of pyridine rings is 1. The van der Waals surface area contributed by atoms with Crippen LogP contribution in [0, 0.1) is 13.8 Å². The molecule has 2 aromatic heterocycles. The van der Waals surface area contributed by atoms with E-state index in [1.165, 1.54) is 11.8 Å². The maximum Gasteiger partial charge on any atom is 0.338 e. The van der Waals surface area contributed by atoms with Crippen LogP contribution in [0.4, 0.5) is 5.69 Å². The van der Waals surface area contributed by atoms with Crippen LogP contribution < -0.4 is 0 Å². The van der Waals surface area contributed by atoms with Gasteiger partial charge in [0.1, 0.15) is 0 Å². The predicted molar refractivity (Wildman–Crippen MR) is 155 cm³/mol. The fraction of sp³-hybridized carbons (Fsp3) is 0.161. The van der Waals surface area contributed by atoms with Crippen LogP contribution in [0.5, 0.6) is 0 Å². The average molecular weight is 537 g/mol. The van der Waals surface area contributed by atoms with Gasteiger partial charge in [-0.25, -0.2) is 9.79 Å². The molecule has 39 heavy (non-hydrogen) atoms. The summed E-state index contributed by atoms with van der Waals surface area (Å²) in [4.78, 5) is 37.2. The molecule has 0 saturated carbocycles. The number of ether oxygens (including phenoxy) is 1. The first-order valence-corrected chi connectivity index (χ1v) is 13.5. The highest BCUT2D eigenvalue weighted by molar-refractivity contribution is 8.18. The van der Waals surface area contributed by atoms with Gasteiger partial charge in [-0.1, -0.05) is 30.3 Å². The van der Waals surface area contributed by atoms with E-state index in [0.717, 1.165) is 33.9 Å². The lowest BCUT2D eigenvalue weighted by Crippen LogP contribution is -2.28. The molecule has 3 heterocycles. The Balaban J connectivity index is 1.50. The third-order valence-corrected chi connectivity index (χ3v) is 7.31. The van der Waals surface area contributed by atoms with Crippen LogP contribution in [0.25, 0.3) is 11.8 Å². The molecule has 1 saturated heterocycles. The van der Waals surface area contributed by atoms with Crippen molar-refractivity contribution in [3.05, 3.63) is 118 Å². The van der Waals surface area contributed by atoms with Crippen LogP contribution in [0.15, 0.2) is 95.1 Å². The molecule has 0 aliphatic carbocycles. The highest BCUT2D eigenvalue weighted by atomic mass is 32.2. The molecule has 4 aromatic rings. The summed E-state index contributed by atoms with van der Waals surface area (Å²) in [5, 5.41) is 0.622. The summed E-state index contributed by atoms with van der Waals surface area (Å²) in [6.45, 7) is 6.50. The van der Waals surface area contributed by atoms with Crippen molar-refractivity contribution in [1.29, 1.82) is 0 Å². The smallest absolute Gasteiger partial charge is 0.338 e. The number of aliphatic imine (C=N–C) groups is 1. The van der Waals surface area contributed by atoms with Crippen LogP contribution in [0.2, 0.25) is 0 Å². The molecular formula is C31H28N4O3S. The van der Waals surface area contributed by atoms with Crippen molar-refractivity contribution in [2.75, 3.05) is 6.61 Å². The topological polar surface area (TPSA) is 76.8 Å². The van der Waals surface area contributed by atoms with Gasteiger partial charge in [0.05, 0.1) is 29.3 Å². The van der Waals surface area contributed by atoms with E-state index in [1.807, 2.05) is 86.7 Å². The number of nitrogens with zero attached hydrogens (tertiary/aromatic N) is 4. The van der Waals surface area contributed by atoms with Crippen LogP contribution in [0.3, 0.4) is 0 Å². The molecule has 8 heteroatoms. The minimum atomic E-state index is -0.351. The number of aromatic nitrogens is 2. The van der Waals surface area contributed by atoms with Gasteiger partial charge in [-0.2, -0.15) is 0 Å². The number of aryl methyl sites for hydroxylation is 1. The fourth-order valence-electron chi connectivity index (χ4n) is 4.48. The molecule has 1 fully saturated rings. The van der Waals surface area contributed by atoms with E-state index in [0.29, 0.717) is 28.8 Å². The zero-order chi connectivity index (χ0) is 27.4. The summed E-state index contributed by atoms with van der Waals surface area (Å²) < 4.78 is 7.25. The number of esters is 1. The highest BCUT2D eigenvalue weighted by Gasteiger charge is 2.34. The molecule has 1 aliphatic rings. The minimum absolute atomic E-state index is 0.104. The summed E-state index contributed by atoms with van der Waals surface area (Å²) >= 11 is 1.36. The van der Waals surface area contributed by atoms with Gasteiger partial charge in [-0.3, -0.25) is 14.7 Å². The summed E-state index contributed by atoms with van der Waals surface area (Å²) in [6, 6.07) is 22.8. The molecule has 0 spiro atoms. The van der Waals surface area contributed by atoms with E-state index in [1.54, 1.807) is 30.3 Å². The number of amides is 1. The van der Waals surface area contributed by atoms with Gasteiger partial charge >= 0.3 is 5.97 Å². The number of benzene rings is 2. The lowest BCUT2D eigenvalue weighted by molar-refractivity contribution is -0.122. The molecule has 0 bridgehead atoms. The Labute approximate surface area is 231 Å². The van der Waals surface area contributed by atoms with Gasteiger partial charge in [0.2, 0.25) is 0 Å². The SMILES string of the molecule is CCOC(=O)c1cccc(-n2c(C)cc(/C=C3\SC(=Nc4ccccc4)N(Cc4cccnc4)C3=O)c2C)c1. The fourth-order valence-corrected chi connectivity index (χ4v) is 5.47. The molecule has 0 radical (unpaired) electrons. The number of para-hydroxylation sites is 1. The minimum Gasteiger partial charge on any atom is -0.462 e. The zero-order valence-corrected chi connectivity index (χ0v) is 22.8. The number of carbonyl (C=O) groups excluding carboxylic acids is 2. The van der Waals surface area contributed by atoms with Crippen molar-refractivity contribution in [3.8, 4) is 5.69 Å². The highest BCUT2D eigenvalue weighted by Crippen LogP contribution is 2.36. The first-order valence-electron chi connectivity index (χ1n) is 12.6. The van der Waals surface area contributed by atoms with Crippen molar-refractivity contribution in [3.63, 3.8) is 0 Å². The van der Waals surface area contributed by atoms with Gasteiger partial charge in [0.25, 0.3) is 5.91 Å². The van der Waals surface area contributed by atoms with Gasteiger partial charge in [0.15, 0.2) is 5.17 Å². The van der Waals surface area contributed by atoms with Gasteiger partial charge in [0, 0.05) is 29.5 Å². The molecule has 0 N–H and O–H groups in total. The van der Waals surface area contributed by atoms with Gasteiger partial charge in [-0.05, 0) is 92.2 Å². The monoisotopic (exact) mass is 536 g/mol. The van der Waals surface area contributed by atoms with Crippen LogP contribution in [-0.2, 0) is 16.1 Å². The molecule has 2 aromatic carbocycles. The standard InChI is InChI=1S/C31H28N4O3S/c1-4-38-30(37)24-11-8-14-27(17-24)35-21(2)16-25(22(35)3)18-28-29(36)34(20-23-10-9-15-32-19-23)31(39-28)33-26-12-6-5-7-13-26/h5-19H,4,20H2,1-3H3/b28-18-,33-31?. The van der Waals surface area contributed by atoms with E-state index in [4.69, 9.17) is 9.73 Å². The first kappa shape index (κ1) is 26.2. The zero-order valence-electron chi connectivity index (χ0n) is 22.0. The predicted octanol–water partition coefficient (Wildman–Crippen LogP) is 6.47. The number of rotatable bonds is 7. The Morgan fingerprint density at radius 2 is 1.87 bits per heavy atom. The Morgan fingerprint density at radius 3 is 2.62 bits per heavy atom. The van der Waals surface area contributed by atoms with E-state index >= 15 is 0 Å². The summed E-state index contributed by atoms with van der Waals surface area (Å²) in [7, 11) is 0. The van der Waals surface area contributed by atoms with Crippen LogP contribution >= 0.6 is 11.8 Å². The summed E-state index contributed by atoms with van der Waals surface area (Å²) in [5.74, 6) is -0.455. The van der Waals surface area contributed by atoms with E-state index < -0.39 is 0 Å². The number of amidine groups is 1. The molecule has 1 aliphatic heterocycles. The van der Waals surface area contributed by atoms with Gasteiger partial charge in [-0.15, -0.1) is 0 Å². The third-order valence-electron chi connectivity index (χ3n) is 6.30. The average Bonchev–Trinajstić information content (AvgIpc) is 3.39. The van der Waals surface area contributed by atoms with E-state index in [2.05, 4.69) is 9.55 Å². The Morgan fingerprint density at radius 1 is 1.05 bits per heavy atom. The maximum atomic E-state index is 13.6. The number of hydrogen-bond acceptors (Lipinski definition) is 6.